The van der Waals surface area contributed by atoms with E-state index in [1.54, 1.807) is 0 Å². The lowest BCUT2D eigenvalue weighted by molar-refractivity contribution is -0.147. The quantitative estimate of drug-likeness (QED) is 0.816. The SMILES string of the molecule is CCCCC(=O)OCC(=O)Nc1sc2c(c1C#N)CCCC2. The number of thiophene rings is 1. The summed E-state index contributed by atoms with van der Waals surface area (Å²) in [7, 11) is 0. The Bertz CT molecular complexity index is 601. The Balaban J connectivity index is 1.93. The van der Waals surface area contributed by atoms with E-state index in [4.69, 9.17) is 4.74 Å². The van der Waals surface area contributed by atoms with Crippen LogP contribution in [-0.4, -0.2) is 18.5 Å². The first-order valence-electron chi connectivity index (χ1n) is 7.65. The zero-order valence-corrected chi connectivity index (χ0v) is 13.6. The van der Waals surface area contributed by atoms with E-state index < -0.39 is 0 Å². The van der Waals surface area contributed by atoms with Crippen LogP contribution in [0.4, 0.5) is 5.00 Å². The molecule has 0 unspecified atom stereocenters. The summed E-state index contributed by atoms with van der Waals surface area (Å²) >= 11 is 1.47. The average Bonchev–Trinajstić information content (AvgIpc) is 2.87. The Morgan fingerprint density at radius 2 is 2.14 bits per heavy atom. The Labute approximate surface area is 134 Å². The van der Waals surface area contributed by atoms with E-state index in [0.717, 1.165) is 44.1 Å². The van der Waals surface area contributed by atoms with Crippen LogP contribution in [0, 0.1) is 11.3 Å². The third-order valence-corrected chi connectivity index (χ3v) is 4.84. The molecule has 5 nitrogen and oxygen atoms in total. The van der Waals surface area contributed by atoms with E-state index in [0.29, 0.717) is 17.0 Å². The van der Waals surface area contributed by atoms with Crippen molar-refractivity contribution in [3.8, 4) is 6.07 Å². The predicted molar refractivity (Wildman–Crippen MR) is 84.8 cm³/mol. The Kier molecular flexibility index (Phi) is 5.96. The van der Waals surface area contributed by atoms with Crippen LogP contribution in [0.15, 0.2) is 0 Å². The summed E-state index contributed by atoms with van der Waals surface area (Å²) in [5.74, 6) is -0.747. The Morgan fingerprint density at radius 1 is 1.36 bits per heavy atom. The van der Waals surface area contributed by atoms with Gasteiger partial charge in [-0.25, -0.2) is 0 Å². The lowest BCUT2D eigenvalue weighted by atomic mass is 9.96. The van der Waals surface area contributed by atoms with Gasteiger partial charge in [0, 0.05) is 11.3 Å². The lowest BCUT2D eigenvalue weighted by Gasteiger charge is -2.09. The largest absolute Gasteiger partial charge is 0.456 e. The average molecular weight is 320 g/mol. The molecule has 2 rings (SSSR count). The van der Waals surface area contributed by atoms with E-state index in [1.807, 2.05) is 6.92 Å². The Hall–Kier alpha value is -1.87. The smallest absolute Gasteiger partial charge is 0.306 e. The van der Waals surface area contributed by atoms with Gasteiger partial charge in [-0.15, -0.1) is 11.3 Å². The van der Waals surface area contributed by atoms with Crippen molar-refractivity contribution in [3.05, 3.63) is 16.0 Å². The van der Waals surface area contributed by atoms with Crippen LogP contribution >= 0.6 is 11.3 Å². The second-order valence-electron chi connectivity index (χ2n) is 5.34. The van der Waals surface area contributed by atoms with Gasteiger partial charge in [0.2, 0.25) is 0 Å². The number of anilines is 1. The number of carbonyl (C=O) groups is 2. The van der Waals surface area contributed by atoms with Crippen molar-refractivity contribution in [2.75, 3.05) is 11.9 Å². The normalized spacial score (nSPS) is 13.1. The molecule has 0 aliphatic heterocycles. The molecule has 6 heteroatoms. The summed E-state index contributed by atoms with van der Waals surface area (Å²) < 4.78 is 4.92. The number of rotatable bonds is 6. The maximum Gasteiger partial charge on any atom is 0.306 e. The van der Waals surface area contributed by atoms with Crippen molar-refractivity contribution in [1.29, 1.82) is 5.26 Å². The molecule has 1 aliphatic carbocycles. The lowest BCUT2D eigenvalue weighted by Crippen LogP contribution is -2.20. The molecule has 0 saturated heterocycles. The molecule has 0 fully saturated rings. The first-order valence-corrected chi connectivity index (χ1v) is 8.47. The van der Waals surface area contributed by atoms with Gasteiger partial charge in [0.05, 0.1) is 5.56 Å². The van der Waals surface area contributed by atoms with Crippen molar-refractivity contribution < 1.29 is 14.3 Å². The van der Waals surface area contributed by atoms with E-state index in [9.17, 15) is 14.9 Å². The predicted octanol–water partition coefficient (Wildman–Crippen LogP) is 3.17. The highest BCUT2D eigenvalue weighted by Crippen LogP contribution is 2.37. The number of amides is 1. The summed E-state index contributed by atoms with van der Waals surface area (Å²) in [6, 6.07) is 2.19. The maximum atomic E-state index is 11.9. The summed E-state index contributed by atoms with van der Waals surface area (Å²) in [6.45, 7) is 1.69. The van der Waals surface area contributed by atoms with Crippen molar-refractivity contribution >= 4 is 28.2 Å². The summed E-state index contributed by atoms with van der Waals surface area (Å²) in [5.41, 5.74) is 1.65. The van der Waals surface area contributed by atoms with Crippen LogP contribution in [0.3, 0.4) is 0 Å². The number of nitriles is 1. The van der Waals surface area contributed by atoms with Crippen LogP contribution in [0.5, 0.6) is 0 Å². The molecule has 1 N–H and O–H groups in total. The van der Waals surface area contributed by atoms with Crippen molar-refractivity contribution in [2.45, 2.75) is 51.9 Å². The molecule has 1 aromatic heterocycles. The number of carbonyl (C=O) groups excluding carboxylic acids is 2. The molecular formula is C16H20N2O3S. The highest BCUT2D eigenvalue weighted by molar-refractivity contribution is 7.16. The summed E-state index contributed by atoms with van der Waals surface area (Å²) in [6.07, 6.45) is 6.08. The van der Waals surface area contributed by atoms with Crippen LogP contribution in [-0.2, 0) is 27.2 Å². The zero-order valence-electron chi connectivity index (χ0n) is 12.7. The van der Waals surface area contributed by atoms with Crippen LogP contribution < -0.4 is 5.32 Å². The zero-order chi connectivity index (χ0) is 15.9. The van der Waals surface area contributed by atoms with Gasteiger partial charge >= 0.3 is 5.97 Å². The highest BCUT2D eigenvalue weighted by Gasteiger charge is 2.21. The molecule has 1 amide bonds. The number of ether oxygens (including phenoxy) is 1. The van der Waals surface area contributed by atoms with E-state index in [2.05, 4.69) is 11.4 Å². The molecule has 1 aromatic rings. The van der Waals surface area contributed by atoms with E-state index in [-0.39, 0.29) is 18.5 Å². The van der Waals surface area contributed by atoms with Gasteiger partial charge in [-0.1, -0.05) is 13.3 Å². The number of nitrogens with zero attached hydrogens (tertiary/aromatic N) is 1. The van der Waals surface area contributed by atoms with Gasteiger partial charge in [0.15, 0.2) is 6.61 Å². The number of aryl methyl sites for hydroxylation is 1. The summed E-state index contributed by atoms with van der Waals surface area (Å²) in [4.78, 5) is 24.5. The van der Waals surface area contributed by atoms with Crippen molar-refractivity contribution in [2.24, 2.45) is 0 Å². The van der Waals surface area contributed by atoms with Gasteiger partial charge in [0.25, 0.3) is 5.91 Å². The number of nitrogens with one attached hydrogen (secondary N) is 1. The first-order chi connectivity index (χ1) is 10.7. The molecular weight excluding hydrogens is 300 g/mol. The van der Waals surface area contributed by atoms with Gasteiger partial charge < -0.3 is 10.1 Å². The first kappa shape index (κ1) is 16.5. The molecule has 22 heavy (non-hydrogen) atoms. The molecule has 118 valence electrons. The monoisotopic (exact) mass is 320 g/mol. The second kappa shape index (κ2) is 7.95. The molecule has 1 heterocycles. The molecule has 0 spiro atoms. The fraction of sp³-hybridized carbons (Fsp3) is 0.562. The van der Waals surface area contributed by atoms with Gasteiger partial charge in [0.1, 0.15) is 11.1 Å². The minimum atomic E-state index is -0.389. The van der Waals surface area contributed by atoms with Gasteiger partial charge in [-0.2, -0.15) is 5.26 Å². The number of esters is 1. The second-order valence-corrected chi connectivity index (χ2v) is 6.44. The van der Waals surface area contributed by atoms with Crippen LogP contribution in [0.1, 0.15) is 55.0 Å². The number of unbranched alkanes of at least 4 members (excludes halogenated alkanes) is 1. The van der Waals surface area contributed by atoms with Crippen molar-refractivity contribution in [1.82, 2.24) is 0 Å². The van der Waals surface area contributed by atoms with Crippen molar-refractivity contribution in [3.63, 3.8) is 0 Å². The fourth-order valence-electron chi connectivity index (χ4n) is 2.47. The van der Waals surface area contributed by atoms with Crippen LogP contribution in [0.2, 0.25) is 0 Å². The van der Waals surface area contributed by atoms with E-state index in [1.165, 1.54) is 16.2 Å². The highest BCUT2D eigenvalue weighted by atomic mass is 32.1. The topological polar surface area (TPSA) is 79.2 Å². The number of hydrogen-bond donors (Lipinski definition) is 1. The standard InChI is InChI=1S/C16H20N2O3S/c1-2-3-8-15(20)21-10-14(19)18-16-12(9-17)11-6-4-5-7-13(11)22-16/h2-8,10H2,1H3,(H,18,19). The summed E-state index contributed by atoms with van der Waals surface area (Å²) in [5, 5.41) is 12.6. The van der Waals surface area contributed by atoms with Gasteiger partial charge in [-0.3, -0.25) is 9.59 Å². The minimum absolute atomic E-state index is 0.296. The van der Waals surface area contributed by atoms with E-state index >= 15 is 0 Å². The number of hydrogen-bond acceptors (Lipinski definition) is 5. The molecule has 0 radical (unpaired) electrons. The molecule has 1 aliphatic rings. The molecule has 0 bridgehead atoms. The third kappa shape index (κ3) is 4.08. The van der Waals surface area contributed by atoms with Gasteiger partial charge in [-0.05, 0) is 37.7 Å². The third-order valence-electron chi connectivity index (χ3n) is 3.63. The molecule has 0 saturated carbocycles. The molecule has 0 aromatic carbocycles. The maximum absolute atomic E-state index is 11.9. The fourth-order valence-corrected chi connectivity index (χ4v) is 3.73. The molecule has 0 atom stereocenters. The Morgan fingerprint density at radius 3 is 2.86 bits per heavy atom. The van der Waals surface area contributed by atoms with Crippen LogP contribution in [0.25, 0.3) is 0 Å². The minimum Gasteiger partial charge on any atom is -0.456 e. The number of fused-ring (bicyclic) bond motifs is 1.